The Morgan fingerprint density at radius 1 is 1.11 bits per heavy atom. The Labute approximate surface area is 165 Å². The normalized spacial score (nSPS) is 15.1. The lowest BCUT2D eigenvalue weighted by Crippen LogP contribution is -2.53. The zero-order valence-electron chi connectivity index (χ0n) is 16.5. The number of rotatable bonds is 5. The lowest BCUT2D eigenvalue weighted by molar-refractivity contribution is -0.138. The summed E-state index contributed by atoms with van der Waals surface area (Å²) >= 11 is 0. The number of benzene rings is 1. The van der Waals surface area contributed by atoms with Crippen molar-refractivity contribution in [3.8, 4) is 11.6 Å². The fraction of sp³-hybridized carbons (Fsp3) is 0.381. The number of carbonyl (C=O) groups excluding carboxylic acids is 2. The van der Waals surface area contributed by atoms with E-state index in [2.05, 4.69) is 10.3 Å². The third-order valence-electron chi connectivity index (χ3n) is 4.84. The smallest absolute Gasteiger partial charge is 0.244 e. The van der Waals surface area contributed by atoms with Crippen molar-refractivity contribution in [2.75, 3.05) is 31.5 Å². The van der Waals surface area contributed by atoms with Gasteiger partial charge in [-0.05, 0) is 43.7 Å². The van der Waals surface area contributed by atoms with Crippen LogP contribution in [0.15, 0.2) is 42.6 Å². The van der Waals surface area contributed by atoms with Gasteiger partial charge >= 0.3 is 0 Å². The highest BCUT2D eigenvalue weighted by atomic mass is 16.5. The Hall–Kier alpha value is -3.09. The molecular formula is C21H26N4O3. The van der Waals surface area contributed by atoms with E-state index in [0.29, 0.717) is 37.8 Å². The molecule has 1 aromatic heterocycles. The minimum atomic E-state index is -0.356. The molecule has 1 N–H and O–H groups in total. The first-order chi connectivity index (χ1) is 13.4. The van der Waals surface area contributed by atoms with E-state index in [4.69, 9.17) is 4.74 Å². The maximum atomic E-state index is 12.7. The summed E-state index contributed by atoms with van der Waals surface area (Å²) in [4.78, 5) is 31.9. The van der Waals surface area contributed by atoms with Crippen molar-refractivity contribution in [3.05, 3.63) is 48.2 Å². The SMILES string of the molecule is CC(=O)N1CCN(C(=O)C(C)Nc2ccc(Oc3ccccn3)cc2C)CC1. The quantitative estimate of drug-likeness (QED) is 0.861. The molecule has 1 atom stereocenters. The van der Waals surface area contributed by atoms with Crippen LogP contribution >= 0.6 is 0 Å². The van der Waals surface area contributed by atoms with Crippen LogP contribution in [0.1, 0.15) is 19.4 Å². The molecule has 28 heavy (non-hydrogen) atoms. The largest absolute Gasteiger partial charge is 0.439 e. The van der Waals surface area contributed by atoms with Crippen molar-refractivity contribution in [2.24, 2.45) is 0 Å². The highest BCUT2D eigenvalue weighted by Gasteiger charge is 2.25. The van der Waals surface area contributed by atoms with Crippen molar-refractivity contribution in [3.63, 3.8) is 0 Å². The molecule has 2 aromatic rings. The summed E-state index contributed by atoms with van der Waals surface area (Å²) in [6.45, 7) is 7.71. The fourth-order valence-electron chi connectivity index (χ4n) is 3.20. The summed E-state index contributed by atoms with van der Waals surface area (Å²) < 4.78 is 5.74. The molecule has 1 unspecified atom stereocenters. The van der Waals surface area contributed by atoms with E-state index in [1.807, 2.05) is 49.1 Å². The third kappa shape index (κ3) is 4.79. The van der Waals surface area contributed by atoms with E-state index in [-0.39, 0.29) is 17.9 Å². The standard InChI is InChI=1S/C21H26N4O3/c1-15-14-18(28-20-6-4-5-9-22-20)7-8-19(15)23-16(2)21(27)25-12-10-24(11-13-25)17(3)26/h4-9,14,16,23H,10-13H2,1-3H3. The molecule has 0 bridgehead atoms. The van der Waals surface area contributed by atoms with Gasteiger partial charge in [-0.15, -0.1) is 0 Å². The van der Waals surface area contributed by atoms with E-state index in [1.165, 1.54) is 0 Å². The molecule has 3 rings (SSSR count). The Kier molecular flexibility index (Phi) is 6.13. The Balaban J connectivity index is 1.58. The number of hydrogen-bond acceptors (Lipinski definition) is 5. The van der Waals surface area contributed by atoms with Crippen LogP contribution in [0.25, 0.3) is 0 Å². The van der Waals surface area contributed by atoms with Crippen molar-refractivity contribution < 1.29 is 14.3 Å². The third-order valence-corrected chi connectivity index (χ3v) is 4.84. The van der Waals surface area contributed by atoms with Gasteiger partial charge < -0.3 is 19.9 Å². The lowest BCUT2D eigenvalue weighted by atomic mass is 10.1. The summed E-state index contributed by atoms with van der Waals surface area (Å²) in [5.41, 5.74) is 1.87. The van der Waals surface area contributed by atoms with Gasteiger partial charge in [-0.1, -0.05) is 6.07 Å². The number of aryl methyl sites for hydroxylation is 1. The molecule has 1 aliphatic rings. The molecule has 1 aromatic carbocycles. The van der Waals surface area contributed by atoms with Crippen molar-refractivity contribution in [1.29, 1.82) is 0 Å². The lowest BCUT2D eigenvalue weighted by Gasteiger charge is -2.35. The molecule has 2 amide bonds. The van der Waals surface area contributed by atoms with Gasteiger partial charge in [0.05, 0.1) is 0 Å². The van der Waals surface area contributed by atoms with E-state index in [0.717, 1.165) is 11.3 Å². The summed E-state index contributed by atoms with van der Waals surface area (Å²) in [6.07, 6.45) is 1.68. The molecule has 7 heteroatoms. The second kappa shape index (κ2) is 8.73. The molecule has 0 saturated carbocycles. The molecule has 0 aliphatic carbocycles. The zero-order chi connectivity index (χ0) is 20.1. The maximum absolute atomic E-state index is 12.7. The second-order valence-corrected chi connectivity index (χ2v) is 6.94. The van der Waals surface area contributed by atoms with Crippen LogP contribution in [0.3, 0.4) is 0 Å². The van der Waals surface area contributed by atoms with Gasteiger partial charge in [0.15, 0.2) is 0 Å². The number of amides is 2. The Morgan fingerprint density at radius 2 is 1.82 bits per heavy atom. The number of anilines is 1. The molecule has 0 spiro atoms. The molecule has 7 nitrogen and oxygen atoms in total. The van der Waals surface area contributed by atoms with E-state index >= 15 is 0 Å². The Bertz CT molecular complexity index is 833. The average molecular weight is 382 g/mol. The number of hydrogen-bond donors (Lipinski definition) is 1. The van der Waals surface area contributed by atoms with Gasteiger partial charge in [-0.2, -0.15) is 0 Å². The molecule has 1 saturated heterocycles. The van der Waals surface area contributed by atoms with Crippen molar-refractivity contribution in [1.82, 2.24) is 14.8 Å². The topological polar surface area (TPSA) is 74.8 Å². The molecule has 2 heterocycles. The van der Waals surface area contributed by atoms with Crippen molar-refractivity contribution >= 4 is 17.5 Å². The highest BCUT2D eigenvalue weighted by Crippen LogP contribution is 2.25. The predicted octanol–water partition coefficient (Wildman–Crippen LogP) is 2.67. The van der Waals surface area contributed by atoms with Crippen LogP contribution in [0.4, 0.5) is 5.69 Å². The summed E-state index contributed by atoms with van der Waals surface area (Å²) in [7, 11) is 0. The van der Waals surface area contributed by atoms with Gasteiger partial charge in [-0.3, -0.25) is 9.59 Å². The number of ether oxygens (including phenoxy) is 1. The van der Waals surface area contributed by atoms with E-state index in [9.17, 15) is 9.59 Å². The minimum absolute atomic E-state index is 0.0383. The minimum Gasteiger partial charge on any atom is -0.439 e. The summed E-state index contributed by atoms with van der Waals surface area (Å²) in [6, 6.07) is 10.8. The maximum Gasteiger partial charge on any atom is 0.244 e. The number of carbonyl (C=O) groups is 2. The zero-order valence-corrected chi connectivity index (χ0v) is 16.5. The predicted molar refractivity (Wildman–Crippen MR) is 107 cm³/mol. The number of nitrogens with one attached hydrogen (secondary N) is 1. The summed E-state index contributed by atoms with van der Waals surface area (Å²) in [5.74, 6) is 1.33. The monoisotopic (exact) mass is 382 g/mol. The molecule has 148 valence electrons. The van der Waals surface area contributed by atoms with Crippen LogP contribution < -0.4 is 10.1 Å². The van der Waals surface area contributed by atoms with Crippen molar-refractivity contribution in [2.45, 2.75) is 26.8 Å². The molecule has 0 radical (unpaired) electrons. The first-order valence-electron chi connectivity index (χ1n) is 9.44. The van der Waals surface area contributed by atoms with Gasteiger partial charge in [0.1, 0.15) is 11.8 Å². The number of nitrogens with zero attached hydrogens (tertiary/aromatic N) is 3. The van der Waals surface area contributed by atoms with Gasteiger partial charge in [0.25, 0.3) is 0 Å². The van der Waals surface area contributed by atoms with Crippen LogP contribution in [0.5, 0.6) is 11.6 Å². The van der Waals surface area contributed by atoms with E-state index < -0.39 is 0 Å². The molecular weight excluding hydrogens is 356 g/mol. The molecule has 1 fully saturated rings. The summed E-state index contributed by atoms with van der Waals surface area (Å²) in [5, 5.41) is 3.29. The van der Waals surface area contributed by atoms with Crippen LogP contribution in [-0.4, -0.2) is 58.8 Å². The van der Waals surface area contributed by atoms with Crippen LogP contribution in [0.2, 0.25) is 0 Å². The average Bonchev–Trinajstić information content (AvgIpc) is 2.70. The van der Waals surface area contributed by atoms with Gasteiger partial charge in [0.2, 0.25) is 17.7 Å². The van der Waals surface area contributed by atoms with Crippen LogP contribution in [-0.2, 0) is 9.59 Å². The van der Waals surface area contributed by atoms with Gasteiger partial charge in [0, 0.05) is 51.1 Å². The first-order valence-corrected chi connectivity index (χ1v) is 9.44. The van der Waals surface area contributed by atoms with Gasteiger partial charge in [-0.25, -0.2) is 4.98 Å². The number of aromatic nitrogens is 1. The van der Waals surface area contributed by atoms with E-state index in [1.54, 1.807) is 24.1 Å². The van der Waals surface area contributed by atoms with Crippen LogP contribution in [0, 0.1) is 6.92 Å². The fourth-order valence-corrected chi connectivity index (χ4v) is 3.20. The molecule has 1 aliphatic heterocycles. The number of pyridine rings is 1. The Morgan fingerprint density at radius 3 is 2.43 bits per heavy atom. The first kappa shape index (κ1) is 19.7. The second-order valence-electron chi connectivity index (χ2n) is 6.94. The number of piperazine rings is 1. The highest BCUT2D eigenvalue weighted by molar-refractivity contribution is 5.85.